The van der Waals surface area contributed by atoms with Crippen LogP contribution < -0.4 is 14.4 Å². The largest absolute Gasteiger partial charge is 0.495 e. The molecule has 0 radical (unpaired) electrons. The predicted octanol–water partition coefficient (Wildman–Crippen LogP) is 4.76. The molecule has 8 nitrogen and oxygen atoms in total. The number of ether oxygens (including phenoxy) is 1. The molecule has 1 atom stereocenters. The number of amides is 2. The first-order valence-corrected chi connectivity index (χ1v) is 14.8. The van der Waals surface area contributed by atoms with E-state index < -0.39 is 28.5 Å². The van der Waals surface area contributed by atoms with Crippen molar-refractivity contribution in [2.75, 3.05) is 24.5 Å². The molecule has 9 heteroatoms. The van der Waals surface area contributed by atoms with Crippen molar-refractivity contribution in [2.45, 2.75) is 58.5 Å². The van der Waals surface area contributed by atoms with E-state index in [1.165, 1.54) is 24.1 Å². The minimum atomic E-state index is -4.18. The van der Waals surface area contributed by atoms with Gasteiger partial charge < -0.3 is 15.0 Å². The summed E-state index contributed by atoms with van der Waals surface area (Å²) in [5, 5.41) is 2.85. The van der Waals surface area contributed by atoms with Gasteiger partial charge >= 0.3 is 0 Å². The van der Waals surface area contributed by atoms with E-state index in [1.54, 1.807) is 31.2 Å². The first-order valence-electron chi connectivity index (χ1n) is 13.3. The second kappa shape index (κ2) is 13.5. The lowest BCUT2D eigenvalue weighted by molar-refractivity contribution is -0.139. The quantitative estimate of drug-likeness (QED) is 0.342. The van der Waals surface area contributed by atoms with Crippen molar-refractivity contribution >= 4 is 27.5 Å². The number of methoxy groups -OCH3 is 1. The number of sulfonamides is 1. The number of hydrogen-bond acceptors (Lipinski definition) is 5. The van der Waals surface area contributed by atoms with E-state index in [0.29, 0.717) is 12.3 Å². The Balaban J connectivity index is 2.09. The van der Waals surface area contributed by atoms with Crippen molar-refractivity contribution in [1.82, 2.24) is 10.2 Å². The molecule has 0 bridgehead atoms. The zero-order chi connectivity index (χ0) is 29.4. The van der Waals surface area contributed by atoms with Crippen molar-refractivity contribution in [3.63, 3.8) is 0 Å². The molecule has 214 valence electrons. The number of nitrogens with one attached hydrogen (secondary N) is 1. The lowest BCUT2D eigenvalue weighted by atomic mass is 10.1. The molecule has 3 rings (SSSR count). The summed E-state index contributed by atoms with van der Waals surface area (Å²) < 4.78 is 34.7. The van der Waals surface area contributed by atoms with Gasteiger partial charge in [0.2, 0.25) is 11.8 Å². The first kappa shape index (κ1) is 30.7. The third-order valence-corrected chi connectivity index (χ3v) is 8.42. The highest BCUT2D eigenvalue weighted by molar-refractivity contribution is 7.92. The van der Waals surface area contributed by atoms with Crippen molar-refractivity contribution < 1.29 is 22.7 Å². The zero-order valence-electron chi connectivity index (χ0n) is 24.1. The topological polar surface area (TPSA) is 96.0 Å². The van der Waals surface area contributed by atoms with Crippen molar-refractivity contribution in [3.8, 4) is 5.75 Å². The Hall–Kier alpha value is -3.85. The van der Waals surface area contributed by atoms with E-state index >= 15 is 0 Å². The fraction of sp³-hybridized carbons (Fsp3) is 0.355. The second-order valence-corrected chi connectivity index (χ2v) is 11.8. The maximum Gasteiger partial charge on any atom is 0.264 e. The van der Waals surface area contributed by atoms with Gasteiger partial charge in [0.1, 0.15) is 18.3 Å². The number of anilines is 1. The van der Waals surface area contributed by atoms with Gasteiger partial charge in [0, 0.05) is 13.1 Å². The van der Waals surface area contributed by atoms with Gasteiger partial charge in [-0.05, 0) is 69.5 Å². The van der Waals surface area contributed by atoms with Gasteiger partial charge in [-0.15, -0.1) is 0 Å². The molecular weight excluding hydrogens is 526 g/mol. The molecule has 0 aliphatic rings. The molecule has 0 saturated heterocycles. The minimum absolute atomic E-state index is 0.0495. The number of carbonyl (C=O) groups is 2. The van der Waals surface area contributed by atoms with Crippen LogP contribution in [0.2, 0.25) is 0 Å². The molecule has 3 aromatic rings. The molecule has 0 fully saturated rings. The highest BCUT2D eigenvalue weighted by atomic mass is 32.2. The number of benzene rings is 3. The van der Waals surface area contributed by atoms with Crippen molar-refractivity contribution in [3.05, 3.63) is 89.0 Å². The molecule has 1 N–H and O–H groups in total. The average molecular weight is 566 g/mol. The Labute approximate surface area is 238 Å². The Morgan fingerprint density at radius 2 is 1.57 bits per heavy atom. The SMILES string of the molecule is CCCNC(=O)[C@H](C)N(Cc1cccc(C)c1)C(=O)CN(c1cc(C)ccc1OC)S(=O)(=O)c1ccc(C)cc1. The van der Waals surface area contributed by atoms with Gasteiger partial charge in [-0.25, -0.2) is 8.42 Å². The number of carbonyl (C=O) groups excluding carboxylic acids is 2. The van der Waals surface area contributed by atoms with Gasteiger partial charge in [-0.1, -0.05) is 60.5 Å². The molecule has 0 aliphatic heterocycles. The molecule has 0 spiro atoms. The monoisotopic (exact) mass is 565 g/mol. The van der Waals surface area contributed by atoms with Crippen LogP contribution in [-0.4, -0.2) is 51.4 Å². The third-order valence-electron chi connectivity index (χ3n) is 6.64. The van der Waals surface area contributed by atoms with E-state index in [9.17, 15) is 18.0 Å². The summed E-state index contributed by atoms with van der Waals surface area (Å²) in [6, 6.07) is 18.5. The predicted molar refractivity (Wildman–Crippen MR) is 158 cm³/mol. The van der Waals surface area contributed by atoms with Gasteiger partial charge in [0.05, 0.1) is 17.7 Å². The maximum atomic E-state index is 14.1. The van der Waals surface area contributed by atoms with E-state index in [2.05, 4.69) is 5.32 Å². The Morgan fingerprint density at radius 1 is 0.925 bits per heavy atom. The Kier molecular flexibility index (Phi) is 10.3. The molecule has 40 heavy (non-hydrogen) atoms. The van der Waals surface area contributed by atoms with E-state index in [1.807, 2.05) is 58.0 Å². The molecule has 2 amide bonds. The van der Waals surface area contributed by atoms with Gasteiger partial charge in [0.15, 0.2) is 0 Å². The van der Waals surface area contributed by atoms with Crippen LogP contribution in [0.1, 0.15) is 42.5 Å². The zero-order valence-corrected chi connectivity index (χ0v) is 24.9. The smallest absolute Gasteiger partial charge is 0.264 e. The summed E-state index contributed by atoms with van der Waals surface area (Å²) in [5.41, 5.74) is 3.81. The molecule has 0 aromatic heterocycles. The average Bonchev–Trinajstić information content (AvgIpc) is 2.93. The van der Waals surface area contributed by atoms with Gasteiger partial charge in [-0.2, -0.15) is 0 Å². The standard InChI is InChI=1S/C31H39N3O5S/c1-7-17-32-31(36)25(5)33(20-26-10-8-9-23(3)18-26)30(35)21-34(28-19-24(4)13-16-29(28)39-6)40(37,38)27-14-11-22(2)12-15-27/h8-16,18-19,25H,7,17,20-21H2,1-6H3,(H,32,36)/t25-/m0/s1. The normalized spacial score (nSPS) is 11.9. The van der Waals surface area contributed by atoms with E-state index in [0.717, 1.165) is 33.0 Å². The van der Waals surface area contributed by atoms with Crippen LogP contribution in [0.15, 0.2) is 71.6 Å². The van der Waals surface area contributed by atoms with E-state index in [-0.39, 0.29) is 23.0 Å². The fourth-order valence-electron chi connectivity index (χ4n) is 4.33. The number of rotatable bonds is 12. The Morgan fingerprint density at radius 3 is 2.20 bits per heavy atom. The Bertz CT molecular complexity index is 1440. The fourth-order valence-corrected chi connectivity index (χ4v) is 5.75. The molecule has 0 unspecified atom stereocenters. The maximum absolute atomic E-state index is 14.1. The van der Waals surface area contributed by atoms with Crippen LogP contribution in [0.25, 0.3) is 0 Å². The number of aryl methyl sites for hydroxylation is 3. The van der Waals surface area contributed by atoms with Gasteiger partial charge in [-0.3, -0.25) is 13.9 Å². The van der Waals surface area contributed by atoms with E-state index in [4.69, 9.17) is 4.74 Å². The molecule has 0 saturated carbocycles. The highest BCUT2D eigenvalue weighted by Gasteiger charge is 2.33. The van der Waals surface area contributed by atoms with Crippen LogP contribution >= 0.6 is 0 Å². The van der Waals surface area contributed by atoms with Crippen molar-refractivity contribution in [1.29, 1.82) is 0 Å². The van der Waals surface area contributed by atoms with Crippen LogP contribution in [-0.2, 0) is 26.2 Å². The lowest BCUT2D eigenvalue weighted by Crippen LogP contribution is -2.51. The van der Waals surface area contributed by atoms with Crippen LogP contribution in [0, 0.1) is 20.8 Å². The second-order valence-electron chi connectivity index (χ2n) is 9.98. The minimum Gasteiger partial charge on any atom is -0.495 e. The molecule has 0 heterocycles. The summed E-state index contributed by atoms with van der Waals surface area (Å²) >= 11 is 0. The summed E-state index contributed by atoms with van der Waals surface area (Å²) in [4.78, 5) is 28.5. The number of hydrogen-bond donors (Lipinski definition) is 1. The lowest BCUT2D eigenvalue weighted by Gasteiger charge is -2.32. The summed E-state index contributed by atoms with van der Waals surface area (Å²) in [6.07, 6.45) is 0.750. The van der Waals surface area contributed by atoms with Crippen LogP contribution in [0.3, 0.4) is 0 Å². The molecule has 3 aromatic carbocycles. The van der Waals surface area contributed by atoms with Crippen LogP contribution in [0.4, 0.5) is 5.69 Å². The first-order chi connectivity index (χ1) is 19.0. The summed E-state index contributed by atoms with van der Waals surface area (Å²) in [7, 11) is -2.73. The molecule has 0 aliphatic carbocycles. The van der Waals surface area contributed by atoms with Crippen LogP contribution in [0.5, 0.6) is 5.75 Å². The number of nitrogens with zero attached hydrogens (tertiary/aromatic N) is 2. The van der Waals surface area contributed by atoms with Gasteiger partial charge in [0.25, 0.3) is 10.0 Å². The summed E-state index contributed by atoms with van der Waals surface area (Å²) in [5.74, 6) is -0.503. The molecular formula is C31H39N3O5S. The summed E-state index contributed by atoms with van der Waals surface area (Å²) in [6.45, 7) is 9.37. The van der Waals surface area contributed by atoms with Crippen molar-refractivity contribution in [2.24, 2.45) is 0 Å². The third kappa shape index (κ3) is 7.41. The highest BCUT2D eigenvalue weighted by Crippen LogP contribution is 2.34.